The van der Waals surface area contributed by atoms with Crippen molar-refractivity contribution < 1.29 is 14.3 Å². The molecule has 0 aromatic rings. The van der Waals surface area contributed by atoms with Crippen molar-refractivity contribution in [2.24, 2.45) is 5.92 Å². The van der Waals surface area contributed by atoms with Crippen LogP contribution in [0, 0.1) is 5.92 Å². The van der Waals surface area contributed by atoms with E-state index in [4.69, 9.17) is 9.47 Å². The molecule has 0 saturated heterocycles. The Morgan fingerprint density at radius 3 is 2.79 bits per heavy atom. The topological polar surface area (TPSA) is 35.5 Å². The molecule has 1 unspecified atom stereocenters. The van der Waals surface area contributed by atoms with Crippen LogP contribution in [-0.4, -0.2) is 25.8 Å². The van der Waals surface area contributed by atoms with Crippen LogP contribution in [0.15, 0.2) is 11.6 Å². The van der Waals surface area contributed by atoms with E-state index in [0.717, 1.165) is 12.8 Å². The lowest BCUT2D eigenvalue weighted by molar-refractivity contribution is -0.210. The third-order valence-electron chi connectivity index (χ3n) is 3.41. The molecule has 14 heavy (non-hydrogen) atoms. The number of methoxy groups -OCH3 is 2. The predicted octanol–water partition coefficient (Wildman–Crippen LogP) is 1.67. The minimum atomic E-state index is -1.00. The highest BCUT2D eigenvalue weighted by molar-refractivity contribution is 5.97. The summed E-state index contributed by atoms with van der Waals surface area (Å²) in [7, 11) is 3.07. The van der Waals surface area contributed by atoms with Gasteiger partial charge in [-0.05, 0) is 31.3 Å². The van der Waals surface area contributed by atoms with Crippen LogP contribution in [0.3, 0.4) is 0 Å². The molecule has 1 atom stereocenters. The molecule has 0 spiro atoms. The number of hydrogen-bond donors (Lipinski definition) is 0. The van der Waals surface area contributed by atoms with Crippen molar-refractivity contribution in [2.75, 3.05) is 14.2 Å². The number of ketones is 1. The van der Waals surface area contributed by atoms with Crippen molar-refractivity contribution in [3.8, 4) is 0 Å². The van der Waals surface area contributed by atoms with Gasteiger partial charge in [-0.2, -0.15) is 0 Å². The zero-order valence-corrected chi connectivity index (χ0v) is 8.71. The van der Waals surface area contributed by atoms with Crippen LogP contribution < -0.4 is 0 Å². The highest BCUT2D eigenvalue weighted by Crippen LogP contribution is 2.42. The van der Waals surface area contributed by atoms with E-state index in [1.807, 2.05) is 0 Å². The van der Waals surface area contributed by atoms with Crippen LogP contribution in [0.2, 0.25) is 0 Å². The summed E-state index contributed by atoms with van der Waals surface area (Å²) in [4.78, 5) is 11.8. The van der Waals surface area contributed by atoms with Gasteiger partial charge in [-0.15, -0.1) is 0 Å². The van der Waals surface area contributed by atoms with Crippen molar-refractivity contribution in [1.29, 1.82) is 0 Å². The first-order valence-electron chi connectivity index (χ1n) is 5.07. The second-order valence-electron chi connectivity index (χ2n) is 4.04. The van der Waals surface area contributed by atoms with E-state index < -0.39 is 5.79 Å². The monoisotopic (exact) mass is 196 g/mol. The first kappa shape index (κ1) is 9.87. The van der Waals surface area contributed by atoms with Gasteiger partial charge in [0.15, 0.2) is 0 Å². The molecule has 0 amide bonds. The summed E-state index contributed by atoms with van der Waals surface area (Å²) in [5, 5.41) is 0. The summed E-state index contributed by atoms with van der Waals surface area (Å²) in [5.74, 6) is -0.540. The van der Waals surface area contributed by atoms with Gasteiger partial charge in [0.05, 0.1) is 0 Å². The second-order valence-corrected chi connectivity index (χ2v) is 4.04. The van der Waals surface area contributed by atoms with E-state index in [1.54, 1.807) is 6.08 Å². The lowest BCUT2D eigenvalue weighted by atomic mass is 9.85. The lowest BCUT2D eigenvalue weighted by Gasteiger charge is -2.34. The van der Waals surface area contributed by atoms with Crippen molar-refractivity contribution in [3.63, 3.8) is 0 Å². The van der Waals surface area contributed by atoms with E-state index in [-0.39, 0.29) is 5.78 Å². The molecule has 3 heteroatoms. The Bertz CT molecular complexity index is 276. The molecule has 0 aromatic carbocycles. The molecule has 78 valence electrons. The van der Waals surface area contributed by atoms with E-state index in [9.17, 15) is 4.79 Å². The van der Waals surface area contributed by atoms with Crippen LogP contribution in [0.1, 0.15) is 25.7 Å². The minimum Gasteiger partial charge on any atom is -0.347 e. The number of rotatable bonds is 2. The van der Waals surface area contributed by atoms with Gasteiger partial charge in [-0.3, -0.25) is 4.79 Å². The van der Waals surface area contributed by atoms with Crippen molar-refractivity contribution in [2.45, 2.75) is 31.5 Å². The van der Waals surface area contributed by atoms with Gasteiger partial charge in [-0.1, -0.05) is 5.57 Å². The molecule has 0 heterocycles. The molecule has 3 nitrogen and oxygen atoms in total. The van der Waals surface area contributed by atoms with Crippen LogP contribution in [0.25, 0.3) is 0 Å². The molecule has 0 N–H and O–H groups in total. The third kappa shape index (κ3) is 1.31. The number of hydrogen-bond acceptors (Lipinski definition) is 3. The molecule has 2 aliphatic rings. The summed E-state index contributed by atoms with van der Waals surface area (Å²) in [6.45, 7) is 0. The maximum absolute atomic E-state index is 11.8. The average Bonchev–Trinajstić information content (AvgIpc) is 2.63. The number of fused-ring (bicyclic) bond motifs is 1. The SMILES string of the molecule is COC1(OC)CC2CCCC2=CC1=O. The summed E-state index contributed by atoms with van der Waals surface area (Å²) in [5.41, 5.74) is 1.29. The fourth-order valence-corrected chi connectivity index (χ4v) is 2.52. The summed E-state index contributed by atoms with van der Waals surface area (Å²) in [6, 6.07) is 0. The van der Waals surface area contributed by atoms with Gasteiger partial charge in [0, 0.05) is 20.6 Å². The highest BCUT2D eigenvalue weighted by Gasteiger charge is 2.45. The molecule has 0 bridgehead atoms. The van der Waals surface area contributed by atoms with Crippen LogP contribution in [0.5, 0.6) is 0 Å². The summed E-state index contributed by atoms with van der Waals surface area (Å²) >= 11 is 0. The largest absolute Gasteiger partial charge is 0.347 e. The van der Waals surface area contributed by atoms with Gasteiger partial charge in [0.25, 0.3) is 0 Å². The number of carbonyl (C=O) groups excluding carboxylic acids is 1. The first-order chi connectivity index (χ1) is 6.72. The Labute approximate surface area is 84.1 Å². The van der Waals surface area contributed by atoms with Crippen LogP contribution in [0.4, 0.5) is 0 Å². The second kappa shape index (κ2) is 3.48. The molecule has 2 rings (SSSR count). The predicted molar refractivity (Wildman–Crippen MR) is 51.8 cm³/mol. The quantitative estimate of drug-likeness (QED) is 0.630. The minimum absolute atomic E-state index is 0.0318. The smallest absolute Gasteiger partial charge is 0.233 e. The average molecular weight is 196 g/mol. The highest BCUT2D eigenvalue weighted by atomic mass is 16.7. The Kier molecular flexibility index (Phi) is 2.45. The maximum Gasteiger partial charge on any atom is 0.233 e. The van der Waals surface area contributed by atoms with E-state index in [2.05, 4.69) is 0 Å². The Hall–Kier alpha value is -0.670. The first-order valence-corrected chi connectivity index (χ1v) is 5.07. The van der Waals surface area contributed by atoms with Crippen LogP contribution >= 0.6 is 0 Å². The van der Waals surface area contributed by atoms with E-state index >= 15 is 0 Å². The molecular weight excluding hydrogens is 180 g/mol. The lowest BCUT2D eigenvalue weighted by Crippen LogP contribution is -2.45. The van der Waals surface area contributed by atoms with Gasteiger partial charge >= 0.3 is 0 Å². The standard InChI is InChI=1S/C11H16O3/c1-13-11(14-2)7-9-5-3-4-8(9)6-10(11)12/h6,9H,3-5,7H2,1-2H3. The molecular formula is C11H16O3. The Morgan fingerprint density at radius 2 is 2.14 bits per heavy atom. The number of carbonyl (C=O) groups is 1. The van der Waals surface area contributed by atoms with E-state index in [0.29, 0.717) is 12.3 Å². The number of ether oxygens (including phenoxy) is 2. The zero-order valence-electron chi connectivity index (χ0n) is 8.71. The Balaban J connectivity index is 2.29. The normalized spacial score (nSPS) is 30.0. The van der Waals surface area contributed by atoms with Gasteiger partial charge in [0.1, 0.15) is 0 Å². The summed E-state index contributed by atoms with van der Waals surface area (Å²) < 4.78 is 10.5. The van der Waals surface area contributed by atoms with Gasteiger partial charge in [0.2, 0.25) is 11.6 Å². The molecule has 1 saturated carbocycles. The number of allylic oxidation sites excluding steroid dienone is 1. The van der Waals surface area contributed by atoms with Crippen molar-refractivity contribution in [3.05, 3.63) is 11.6 Å². The molecule has 1 fully saturated rings. The maximum atomic E-state index is 11.8. The zero-order chi connectivity index (χ0) is 10.2. The molecule has 0 aliphatic heterocycles. The van der Waals surface area contributed by atoms with E-state index in [1.165, 1.54) is 26.2 Å². The Morgan fingerprint density at radius 1 is 1.43 bits per heavy atom. The fourth-order valence-electron chi connectivity index (χ4n) is 2.52. The molecule has 0 aromatic heterocycles. The molecule has 0 radical (unpaired) electrons. The third-order valence-corrected chi connectivity index (χ3v) is 3.41. The molecule has 2 aliphatic carbocycles. The van der Waals surface area contributed by atoms with Crippen molar-refractivity contribution >= 4 is 5.78 Å². The van der Waals surface area contributed by atoms with Gasteiger partial charge in [-0.25, -0.2) is 0 Å². The summed E-state index contributed by atoms with van der Waals surface area (Å²) in [6.07, 6.45) is 5.83. The fraction of sp³-hybridized carbons (Fsp3) is 0.727. The van der Waals surface area contributed by atoms with Gasteiger partial charge < -0.3 is 9.47 Å². The van der Waals surface area contributed by atoms with Crippen molar-refractivity contribution in [1.82, 2.24) is 0 Å². The van der Waals surface area contributed by atoms with Crippen LogP contribution in [-0.2, 0) is 14.3 Å².